The second-order valence-corrected chi connectivity index (χ2v) is 11.0. The Bertz CT molecular complexity index is 1740. The van der Waals surface area contributed by atoms with Crippen LogP contribution in [0.2, 0.25) is 0 Å². The summed E-state index contributed by atoms with van der Waals surface area (Å²) in [5, 5.41) is 4.98. The molecule has 4 aliphatic rings. The summed E-state index contributed by atoms with van der Waals surface area (Å²) in [6, 6.07) is 26.2. The van der Waals surface area contributed by atoms with Crippen LogP contribution in [0.5, 0.6) is 5.75 Å². The molecule has 1 unspecified atom stereocenters. The molecule has 1 aliphatic carbocycles. The van der Waals surface area contributed by atoms with Crippen LogP contribution in [0.4, 0.5) is 5.69 Å². The zero-order valence-corrected chi connectivity index (χ0v) is 21.4. The number of carbonyl (C=O) groups is 3. The van der Waals surface area contributed by atoms with Gasteiger partial charge in [-0.25, -0.2) is 0 Å². The molecule has 4 aromatic rings. The highest BCUT2D eigenvalue weighted by molar-refractivity contribution is 6.27. The zero-order chi connectivity index (χ0) is 26.5. The molecular formula is C33H26N2O4. The number of para-hydroxylation sites is 1. The Balaban J connectivity index is 1.48. The quantitative estimate of drug-likeness (QED) is 0.385. The van der Waals surface area contributed by atoms with Crippen molar-refractivity contribution >= 4 is 33.9 Å². The molecule has 2 fully saturated rings. The molecule has 3 heterocycles. The minimum Gasteiger partial charge on any atom is -0.497 e. The Kier molecular flexibility index (Phi) is 4.44. The number of rotatable bonds is 3. The molecular weight excluding hydrogens is 488 g/mol. The second-order valence-electron chi connectivity index (χ2n) is 11.0. The van der Waals surface area contributed by atoms with E-state index in [0.29, 0.717) is 29.1 Å². The molecule has 2 spiro atoms. The van der Waals surface area contributed by atoms with Gasteiger partial charge in [0.15, 0.2) is 11.6 Å². The van der Waals surface area contributed by atoms with Crippen LogP contribution in [0.3, 0.4) is 0 Å². The molecule has 3 aliphatic heterocycles. The van der Waals surface area contributed by atoms with Crippen molar-refractivity contribution in [2.24, 2.45) is 5.92 Å². The summed E-state index contributed by atoms with van der Waals surface area (Å²) in [5.41, 5.74) is 0.646. The molecule has 192 valence electrons. The van der Waals surface area contributed by atoms with Crippen molar-refractivity contribution < 1.29 is 19.1 Å². The Morgan fingerprint density at radius 1 is 0.923 bits per heavy atom. The van der Waals surface area contributed by atoms with Crippen molar-refractivity contribution in [3.63, 3.8) is 0 Å². The summed E-state index contributed by atoms with van der Waals surface area (Å²) in [6.07, 6.45) is 1.60. The van der Waals surface area contributed by atoms with Crippen molar-refractivity contribution in [1.29, 1.82) is 0 Å². The van der Waals surface area contributed by atoms with Gasteiger partial charge >= 0.3 is 0 Å². The monoisotopic (exact) mass is 514 g/mol. The van der Waals surface area contributed by atoms with E-state index in [2.05, 4.69) is 10.2 Å². The number of hydrogen-bond acceptors (Lipinski definition) is 5. The van der Waals surface area contributed by atoms with Gasteiger partial charge in [0.05, 0.1) is 13.0 Å². The lowest BCUT2D eigenvalue weighted by molar-refractivity contribution is -0.124. The Hall–Kier alpha value is -4.29. The van der Waals surface area contributed by atoms with Gasteiger partial charge in [-0.15, -0.1) is 0 Å². The van der Waals surface area contributed by atoms with Crippen molar-refractivity contribution in [3.05, 3.63) is 107 Å². The lowest BCUT2D eigenvalue weighted by Gasteiger charge is -2.44. The molecule has 0 radical (unpaired) electrons. The molecule has 6 nitrogen and oxygen atoms in total. The summed E-state index contributed by atoms with van der Waals surface area (Å²) in [5.74, 6) is -0.565. The number of ketones is 2. The maximum atomic E-state index is 15.0. The normalized spacial score (nSPS) is 28.3. The summed E-state index contributed by atoms with van der Waals surface area (Å²) in [6.45, 7) is 0.643. The van der Waals surface area contributed by atoms with Gasteiger partial charge in [-0.05, 0) is 71.6 Å². The number of ether oxygens (including phenoxy) is 1. The lowest BCUT2D eigenvalue weighted by atomic mass is 9.56. The standard InChI is InChI=1S/C33H26N2O4/c1-39-21-16-14-20(15-17-21)29(36)28-26-13-6-18-35(26)33(32(28)23-10-2-3-12-25(23)34-31(32)38)24-11-5-8-19-7-4-9-22(27(19)24)30(33)37/h2-5,7-12,14-17,26,28H,6,13,18H2,1H3,(H,34,38)/t26?,28-,32+,33+/m0/s1. The maximum Gasteiger partial charge on any atom is 0.238 e. The Morgan fingerprint density at radius 2 is 1.67 bits per heavy atom. The SMILES string of the molecule is COc1ccc(C(=O)[C@@H]2C3CCCN3[C@]3(C(=O)c4cccc5cccc3c45)[C@@]23C(=O)Nc2ccccc23)cc1. The molecule has 4 aromatic carbocycles. The Labute approximate surface area is 225 Å². The summed E-state index contributed by atoms with van der Waals surface area (Å²) in [4.78, 5) is 46.6. The van der Waals surface area contributed by atoms with E-state index in [0.717, 1.165) is 34.7 Å². The lowest BCUT2D eigenvalue weighted by Crippen LogP contribution is -2.61. The summed E-state index contributed by atoms with van der Waals surface area (Å²) < 4.78 is 5.33. The van der Waals surface area contributed by atoms with Gasteiger partial charge in [0.1, 0.15) is 16.7 Å². The molecule has 0 aromatic heterocycles. The minimum atomic E-state index is -1.42. The predicted octanol–water partition coefficient (Wildman–Crippen LogP) is 5.11. The highest BCUT2D eigenvalue weighted by Crippen LogP contribution is 2.68. The van der Waals surface area contributed by atoms with Crippen LogP contribution in [-0.4, -0.2) is 42.1 Å². The topological polar surface area (TPSA) is 75.7 Å². The van der Waals surface area contributed by atoms with Crippen molar-refractivity contribution in [2.75, 3.05) is 19.0 Å². The van der Waals surface area contributed by atoms with Crippen molar-refractivity contribution in [3.8, 4) is 5.75 Å². The number of benzene rings is 4. The first kappa shape index (κ1) is 22.7. The largest absolute Gasteiger partial charge is 0.497 e. The third-order valence-corrected chi connectivity index (χ3v) is 9.64. The average Bonchev–Trinajstić information content (AvgIpc) is 3.68. The molecule has 8 rings (SSSR count). The van der Waals surface area contributed by atoms with Crippen LogP contribution >= 0.6 is 0 Å². The van der Waals surface area contributed by atoms with Gasteiger partial charge in [0.25, 0.3) is 0 Å². The molecule has 0 bridgehead atoms. The van der Waals surface area contributed by atoms with Gasteiger partial charge in [0.2, 0.25) is 5.91 Å². The highest BCUT2D eigenvalue weighted by atomic mass is 16.5. The molecule has 0 saturated carbocycles. The predicted molar refractivity (Wildman–Crippen MR) is 147 cm³/mol. The van der Waals surface area contributed by atoms with Crippen LogP contribution in [0.15, 0.2) is 84.9 Å². The van der Waals surface area contributed by atoms with E-state index < -0.39 is 16.9 Å². The number of methoxy groups -OCH3 is 1. The molecule has 2 saturated heterocycles. The second kappa shape index (κ2) is 7.64. The van der Waals surface area contributed by atoms with E-state index in [9.17, 15) is 14.4 Å². The number of nitrogens with one attached hydrogen (secondary N) is 1. The van der Waals surface area contributed by atoms with Crippen LogP contribution < -0.4 is 10.1 Å². The van der Waals surface area contributed by atoms with Crippen LogP contribution in [-0.2, 0) is 15.7 Å². The number of hydrogen-bond donors (Lipinski definition) is 1. The van der Waals surface area contributed by atoms with Gasteiger partial charge < -0.3 is 10.1 Å². The van der Waals surface area contributed by atoms with E-state index >= 15 is 0 Å². The number of fused-ring (bicyclic) bond motifs is 6. The highest BCUT2D eigenvalue weighted by Gasteiger charge is 2.80. The van der Waals surface area contributed by atoms with E-state index in [4.69, 9.17) is 4.74 Å². The molecule has 6 heteroatoms. The van der Waals surface area contributed by atoms with E-state index in [1.165, 1.54) is 0 Å². The molecule has 39 heavy (non-hydrogen) atoms. The average molecular weight is 515 g/mol. The van der Waals surface area contributed by atoms with Crippen LogP contribution in [0.25, 0.3) is 10.8 Å². The number of nitrogens with zero attached hydrogens (tertiary/aromatic N) is 1. The zero-order valence-electron chi connectivity index (χ0n) is 21.4. The Morgan fingerprint density at radius 3 is 2.46 bits per heavy atom. The number of anilines is 1. The summed E-state index contributed by atoms with van der Waals surface area (Å²) >= 11 is 0. The van der Waals surface area contributed by atoms with Crippen molar-refractivity contribution in [2.45, 2.75) is 29.8 Å². The fraction of sp³-hybridized carbons (Fsp3) is 0.242. The van der Waals surface area contributed by atoms with E-state index in [1.54, 1.807) is 31.4 Å². The third-order valence-electron chi connectivity index (χ3n) is 9.64. The minimum absolute atomic E-state index is 0.0851. The van der Waals surface area contributed by atoms with Gasteiger partial charge in [-0.2, -0.15) is 0 Å². The van der Waals surface area contributed by atoms with E-state index in [1.807, 2.05) is 60.7 Å². The fourth-order valence-corrected chi connectivity index (χ4v) is 8.37. The first-order valence-electron chi connectivity index (χ1n) is 13.5. The number of amides is 1. The first-order chi connectivity index (χ1) is 19.0. The van der Waals surface area contributed by atoms with E-state index in [-0.39, 0.29) is 23.5 Å². The molecule has 4 atom stereocenters. The molecule has 1 N–H and O–H groups in total. The third kappa shape index (κ3) is 2.45. The van der Waals surface area contributed by atoms with Gasteiger partial charge in [-0.1, -0.05) is 54.6 Å². The fourth-order valence-electron chi connectivity index (χ4n) is 8.37. The van der Waals surface area contributed by atoms with Crippen molar-refractivity contribution in [1.82, 2.24) is 4.90 Å². The van der Waals surface area contributed by atoms with Gasteiger partial charge in [-0.3, -0.25) is 19.3 Å². The van der Waals surface area contributed by atoms with Crippen LogP contribution in [0, 0.1) is 5.92 Å². The molecule has 1 amide bonds. The first-order valence-corrected chi connectivity index (χ1v) is 13.5. The summed E-state index contributed by atoms with van der Waals surface area (Å²) in [7, 11) is 1.59. The maximum absolute atomic E-state index is 15.0. The number of carbonyl (C=O) groups excluding carboxylic acids is 3. The smallest absolute Gasteiger partial charge is 0.238 e. The number of Topliss-reactive ketones (excluding diaryl/α,β-unsaturated/α-hetero) is 2. The van der Waals surface area contributed by atoms with Crippen LogP contribution in [0.1, 0.15) is 44.7 Å². The van der Waals surface area contributed by atoms with Gasteiger partial charge in [0, 0.05) is 22.9 Å².